The van der Waals surface area contributed by atoms with Crippen LogP contribution in [0.25, 0.3) is 0 Å². The van der Waals surface area contributed by atoms with Crippen LogP contribution < -0.4 is 10.1 Å². The molecule has 0 fully saturated rings. The number of carbonyl (C=O) groups is 2. The van der Waals surface area contributed by atoms with Gasteiger partial charge in [0.2, 0.25) is 5.91 Å². The molecular weight excluding hydrogens is 440 g/mol. The minimum Gasteiger partial charge on any atom is -0.497 e. The monoisotopic (exact) mass is 456 g/mol. The summed E-state index contributed by atoms with van der Waals surface area (Å²) in [6, 6.07) is 16.6. The van der Waals surface area contributed by atoms with E-state index in [0.29, 0.717) is 21.9 Å². The molecule has 1 heterocycles. The molecule has 0 aromatic heterocycles. The molecule has 3 rings (SSSR count). The average Bonchev–Trinajstić information content (AvgIpc) is 2.72. The zero-order chi connectivity index (χ0) is 20.1. The number of halogens is 1. The Kier molecular flexibility index (Phi) is 6.55. The lowest BCUT2D eigenvalue weighted by Gasteiger charge is -2.25. The lowest BCUT2D eigenvalue weighted by Crippen LogP contribution is -2.31. The van der Waals surface area contributed by atoms with Gasteiger partial charge in [0.05, 0.1) is 29.5 Å². The lowest BCUT2D eigenvalue weighted by molar-refractivity contribution is -0.120. The highest BCUT2D eigenvalue weighted by Crippen LogP contribution is 2.36. The predicted molar refractivity (Wildman–Crippen MR) is 112 cm³/mol. The van der Waals surface area contributed by atoms with Crippen LogP contribution in [0.3, 0.4) is 0 Å². The molecule has 0 spiro atoms. The molecule has 142 valence electrons. The second-order valence-electron chi connectivity index (χ2n) is 6.15. The van der Waals surface area contributed by atoms with E-state index in [2.05, 4.69) is 27.3 Å². The van der Waals surface area contributed by atoms with E-state index >= 15 is 0 Å². The molecule has 1 amide bonds. The average molecular weight is 457 g/mol. The first kappa shape index (κ1) is 20.2. The summed E-state index contributed by atoms with van der Waals surface area (Å²) in [6.07, 6.45) is 0.209. The van der Waals surface area contributed by atoms with E-state index < -0.39 is 0 Å². The molecule has 0 aliphatic carbocycles. The molecule has 1 aliphatic rings. The molecule has 2 aromatic carbocycles. The highest BCUT2D eigenvalue weighted by atomic mass is 79.9. The molecule has 1 unspecified atom stereocenters. The molecule has 0 saturated carbocycles. The highest BCUT2D eigenvalue weighted by Gasteiger charge is 2.29. The number of Topliss-reactive ketones (excluding diaryl/α,β-unsaturated/α-hetero) is 1. The Morgan fingerprint density at radius 3 is 2.54 bits per heavy atom. The van der Waals surface area contributed by atoms with Crippen molar-refractivity contribution in [2.24, 2.45) is 0 Å². The van der Waals surface area contributed by atoms with Gasteiger partial charge in [-0.2, -0.15) is 5.26 Å². The summed E-state index contributed by atoms with van der Waals surface area (Å²) in [5.74, 6) is 0.241. The molecule has 0 radical (unpaired) electrons. The number of nitrogens with one attached hydrogen (secondary N) is 1. The molecule has 1 atom stereocenters. The van der Waals surface area contributed by atoms with Gasteiger partial charge in [-0.15, -0.1) is 0 Å². The predicted octanol–water partition coefficient (Wildman–Crippen LogP) is 4.41. The fraction of sp³-hybridized carbons (Fsp3) is 0.190. The van der Waals surface area contributed by atoms with Gasteiger partial charge in [0, 0.05) is 22.4 Å². The number of nitrogens with zero attached hydrogens (tertiary/aromatic N) is 1. The van der Waals surface area contributed by atoms with Gasteiger partial charge in [-0.3, -0.25) is 9.59 Å². The first-order valence-electron chi connectivity index (χ1n) is 8.51. The number of allylic oxidation sites excluding steroid dienone is 1. The summed E-state index contributed by atoms with van der Waals surface area (Å²) in [4.78, 5) is 24.7. The standard InChI is InChI=1S/C21H17BrN2O3S/c1-27-16-8-4-14(5-9-16)19(25)12-28-21-18(11-23)17(10-20(26)24-21)13-2-6-15(22)7-3-13/h2-9,17H,10,12H2,1H3,(H,24,26). The first-order valence-corrected chi connectivity index (χ1v) is 10.3. The SMILES string of the molecule is COc1ccc(C(=O)CSC2=C(C#N)C(c3ccc(Br)cc3)CC(=O)N2)cc1. The first-order chi connectivity index (χ1) is 13.5. The Bertz CT molecular complexity index is 963. The number of benzene rings is 2. The van der Waals surface area contributed by atoms with Crippen LogP contribution in [0.1, 0.15) is 28.3 Å². The number of nitriles is 1. The topological polar surface area (TPSA) is 79.2 Å². The van der Waals surface area contributed by atoms with Gasteiger partial charge in [0.1, 0.15) is 5.75 Å². The molecule has 1 aliphatic heterocycles. The maximum absolute atomic E-state index is 12.5. The minimum absolute atomic E-state index is 0.0857. The number of thioether (sulfide) groups is 1. The number of ether oxygens (including phenoxy) is 1. The van der Waals surface area contributed by atoms with E-state index in [1.54, 1.807) is 31.4 Å². The van der Waals surface area contributed by atoms with Gasteiger partial charge in [-0.25, -0.2) is 0 Å². The third kappa shape index (κ3) is 4.64. The Hall–Kier alpha value is -2.56. The third-order valence-corrected chi connectivity index (χ3v) is 5.93. The van der Waals surface area contributed by atoms with Crippen LogP contribution in [0.15, 0.2) is 63.6 Å². The number of hydrogen-bond donors (Lipinski definition) is 1. The van der Waals surface area contributed by atoms with Gasteiger partial charge in [-0.1, -0.05) is 39.8 Å². The summed E-state index contributed by atoms with van der Waals surface area (Å²) in [6.45, 7) is 0. The smallest absolute Gasteiger partial charge is 0.225 e. The number of carbonyl (C=O) groups excluding carboxylic acids is 2. The van der Waals surface area contributed by atoms with Crippen molar-refractivity contribution in [1.82, 2.24) is 5.32 Å². The van der Waals surface area contributed by atoms with E-state index in [1.807, 2.05) is 24.3 Å². The van der Waals surface area contributed by atoms with Crippen molar-refractivity contribution in [3.05, 3.63) is 74.7 Å². The Morgan fingerprint density at radius 2 is 1.93 bits per heavy atom. The minimum atomic E-state index is -0.314. The fourth-order valence-corrected chi connectivity index (χ4v) is 4.15. The number of hydrogen-bond acceptors (Lipinski definition) is 5. The lowest BCUT2D eigenvalue weighted by atomic mass is 9.87. The molecule has 2 aromatic rings. The van der Waals surface area contributed by atoms with Gasteiger partial charge in [0.15, 0.2) is 5.78 Å². The van der Waals surface area contributed by atoms with Crippen LogP contribution in [0, 0.1) is 11.3 Å². The van der Waals surface area contributed by atoms with Gasteiger partial charge in [0.25, 0.3) is 0 Å². The third-order valence-electron chi connectivity index (χ3n) is 4.39. The molecule has 0 saturated heterocycles. The summed E-state index contributed by atoms with van der Waals surface area (Å²) < 4.78 is 6.02. The van der Waals surface area contributed by atoms with Crippen LogP contribution in [0.2, 0.25) is 0 Å². The van der Waals surface area contributed by atoms with Gasteiger partial charge >= 0.3 is 0 Å². The Balaban J connectivity index is 1.79. The van der Waals surface area contributed by atoms with Gasteiger partial charge in [-0.05, 0) is 42.0 Å². The number of methoxy groups -OCH3 is 1. The molecule has 5 nitrogen and oxygen atoms in total. The number of amides is 1. The van der Waals surface area contributed by atoms with Crippen LogP contribution in [-0.2, 0) is 4.79 Å². The normalized spacial score (nSPS) is 16.3. The second kappa shape index (κ2) is 9.09. The summed E-state index contributed by atoms with van der Waals surface area (Å²) in [7, 11) is 1.57. The zero-order valence-corrected chi connectivity index (χ0v) is 17.5. The number of ketones is 1. The van der Waals surface area contributed by atoms with Crippen molar-refractivity contribution in [2.45, 2.75) is 12.3 Å². The maximum atomic E-state index is 12.5. The quantitative estimate of drug-likeness (QED) is 0.650. The summed E-state index contributed by atoms with van der Waals surface area (Å²) in [5.41, 5.74) is 1.93. The maximum Gasteiger partial charge on any atom is 0.225 e. The van der Waals surface area contributed by atoms with Crippen LogP contribution >= 0.6 is 27.7 Å². The van der Waals surface area contributed by atoms with Gasteiger partial charge < -0.3 is 10.1 Å². The zero-order valence-electron chi connectivity index (χ0n) is 15.1. The van der Waals surface area contributed by atoms with Crippen LogP contribution in [0.5, 0.6) is 5.75 Å². The highest BCUT2D eigenvalue weighted by molar-refractivity contribution is 9.10. The largest absolute Gasteiger partial charge is 0.497 e. The molecular formula is C21H17BrN2O3S. The molecule has 1 N–H and O–H groups in total. The van der Waals surface area contributed by atoms with Crippen molar-refractivity contribution in [3.63, 3.8) is 0 Å². The Morgan fingerprint density at radius 1 is 1.25 bits per heavy atom. The Labute approximate surface area is 175 Å². The molecule has 28 heavy (non-hydrogen) atoms. The molecule has 0 bridgehead atoms. The summed E-state index contributed by atoms with van der Waals surface area (Å²) >= 11 is 4.57. The van der Waals surface area contributed by atoms with Crippen molar-refractivity contribution in [2.75, 3.05) is 12.9 Å². The second-order valence-corrected chi connectivity index (χ2v) is 8.05. The van der Waals surface area contributed by atoms with E-state index in [0.717, 1.165) is 10.0 Å². The van der Waals surface area contributed by atoms with E-state index in [-0.39, 0.29) is 29.8 Å². The van der Waals surface area contributed by atoms with Crippen molar-refractivity contribution < 1.29 is 14.3 Å². The van der Waals surface area contributed by atoms with Crippen molar-refractivity contribution in [3.8, 4) is 11.8 Å². The number of rotatable bonds is 6. The van der Waals surface area contributed by atoms with E-state index in [4.69, 9.17) is 4.74 Å². The summed E-state index contributed by atoms with van der Waals surface area (Å²) in [5, 5.41) is 12.9. The van der Waals surface area contributed by atoms with Crippen molar-refractivity contribution in [1.29, 1.82) is 5.26 Å². The fourth-order valence-electron chi connectivity index (χ4n) is 2.91. The van der Waals surface area contributed by atoms with Crippen LogP contribution in [-0.4, -0.2) is 24.6 Å². The van der Waals surface area contributed by atoms with E-state index in [1.165, 1.54) is 11.8 Å². The van der Waals surface area contributed by atoms with E-state index in [9.17, 15) is 14.9 Å². The molecule has 7 heteroatoms. The van der Waals surface area contributed by atoms with Crippen molar-refractivity contribution >= 4 is 39.4 Å². The van der Waals surface area contributed by atoms with Crippen LogP contribution in [0.4, 0.5) is 0 Å².